The Labute approximate surface area is 257 Å². The summed E-state index contributed by atoms with van der Waals surface area (Å²) >= 11 is 0. The molecule has 3 aromatic heterocycles. The topological polar surface area (TPSA) is 99.2 Å². The maximum atomic E-state index is 12.5. The lowest BCUT2D eigenvalue weighted by Crippen LogP contribution is -2.50. The van der Waals surface area contributed by atoms with Crippen LogP contribution in [-0.2, 0) is 9.47 Å². The van der Waals surface area contributed by atoms with Gasteiger partial charge in [0.2, 0.25) is 0 Å². The van der Waals surface area contributed by atoms with Crippen molar-refractivity contribution in [1.82, 2.24) is 19.5 Å². The van der Waals surface area contributed by atoms with E-state index in [0.29, 0.717) is 30.9 Å². The molecule has 0 aliphatic carbocycles. The van der Waals surface area contributed by atoms with Gasteiger partial charge in [-0.25, -0.2) is 14.3 Å². The summed E-state index contributed by atoms with van der Waals surface area (Å²) in [6.45, 7) is 10.1. The molecule has 7 rings (SSSR count). The Morgan fingerprint density at radius 1 is 0.932 bits per heavy atom. The Hall–Kier alpha value is -4.62. The van der Waals surface area contributed by atoms with Crippen LogP contribution in [0.15, 0.2) is 61.1 Å². The highest BCUT2D eigenvalue weighted by molar-refractivity contribution is 5.87. The van der Waals surface area contributed by atoms with E-state index >= 15 is 0 Å². The fourth-order valence-corrected chi connectivity index (χ4v) is 6.45. The van der Waals surface area contributed by atoms with Crippen molar-refractivity contribution in [3.05, 3.63) is 66.6 Å². The highest BCUT2D eigenvalue weighted by Crippen LogP contribution is 2.34. The minimum Gasteiger partial charge on any atom is -0.444 e. The number of anilines is 2. The van der Waals surface area contributed by atoms with E-state index in [-0.39, 0.29) is 6.09 Å². The number of hydrogen-bond donors (Lipinski definition) is 0. The zero-order valence-electron chi connectivity index (χ0n) is 25.4. The average Bonchev–Trinajstić information content (AvgIpc) is 3.61. The Balaban J connectivity index is 1.12. The zero-order chi connectivity index (χ0) is 30.4. The Morgan fingerprint density at radius 2 is 1.64 bits per heavy atom. The molecule has 2 unspecified atom stereocenters. The van der Waals surface area contributed by atoms with Gasteiger partial charge in [-0.2, -0.15) is 10.4 Å². The van der Waals surface area contributed by atoms with Crippen LogP contribution in [0.5, 0.6) is 0 Å². The molecule has 3 aliphatic heterocycles. The quantitative estimate of drug-likeness (QED) is 0.313. The lowest BCUT2D eigenvalue weighted by atomic mass is 9.99. The van der Waals surface area contributed by atoms with Crippen molar-refractivity contribution < 1.29 is 14.3 Å². The first-order valence-electron chi connectivity index (χ1n) is 15.4. The third-order valence-electron chi connectivity index (χ3n) is 8.66. The minimum atomic E-state index is -0.498. The van der Waals surface area contributed by atoms with E-state index in [1.165, 1.54) is 0 Å². The van der Waals surface area contributed by atoms with Crippen molar-refractivity contribution in [2.75, 3.05) is 49.1 Å². The number of carbonyl (C=O) groups excluding carboxylic acids is 1. The van der Waals surface area contributed by atoms with Crippen molar-refractivity contribution in [2.45, 2.75) is 51.4 Å². The van der Waals surface area contributed by atoms with Gasteiger partial charge >= 0.3 is 6.09 Å². The number of hydrogen-bond acceptors (Lipinski definition) is 8. The predicted molar refractivity (Wildman–Crippen MR) is 169 cm³/mol. The van der Waals surface area contributed by atoms with Gasteiger partial charge in [0.05, 0.1) is 29.5 Å². The monoisotopic (exact) mass is 591 g/mol. The van der Waals surface area contributed by atoms with E-state index in [0.717, 1.165) is 78.3 Å². The summed E-state index contributed by atoms with van der Waals surface area (Å²) < 4.78 is 13.3. The smallest absolute Gasteiger partial charge is 0.410 e. The first-order valence-corrected chi connectivity index (χ1v) is 15.4. The second-order valence-electron chi connectivity index (χ2n) is 12.9. The van der Waals surface area contributed by atoms with Gasteiger partial charge in [0, 0.05) is 74.0 Å². The number of rotatable bonds is 4. The number of aromatic nitrogens is 3. The molecule has 2 bridgehead atoms. The minimum absolute atomic E-state index is 0.255. The number of nitrogens with zero attached hydrogens (tertiary/aromatic N) is 7. The third kappa shape index (κ3) is 5.55. The summed E-state index contributed by atoms with van der Waals surface area (Å²) in [5, 5.41) is 14.3. The summed E-state index contributed by atoms with van der Waals surface area (Å²) in [5.41, 5.74) is 5.81. The van der Waals surface area contributed by atoms with Crippen molar-refractivity contribution in [1.29, 1.82) is 5.26 Å². The number of benzene rings is 1. The number of piperazine rings is 1. The number of morpholine rings is 1. The maximum Gasteiger partial charge on any atom is 0.410 e. The fourth-order valence-electron chi connectivity index (χ4n) is 6.45. The van der Waals surface area contributed by atoms with E-state index in [4.69, 9.17) is 14.5 Å². The molecule has 0 spiro atoms. The number of ether oxygens (including phenoxy) is 2. The second kappa shape index (κ2) is 11.1. The Kier molecular flexibility index (Phi) is 7.13. The number of pyridine rings is 2. The molecule has 2 atom stereocenters. The summed E-state index contributed by atoms with van der Waals surface area (Å²) in [4.78, 5) is 23.7. The first kappa shape index (κ1) is 28.2. The molecule has 10 nitrogen and oxygen atoms in total. The summed E-state index contributed by atoms with van der Waals surface area (Å²) in [5.74, 6) is 0.956. The van der Waals surface area contributed by atoms with Crippen LogP contribution in [0.25, 0.3) is 27.8 Å². The van der Waals surface area contributed by atoms with Crippen molar-refractivity contribution >= 4 is 23.1 Å². The fraction of sp³-hybridized carbons (Fsp3) is 0.412. The van der Waals surface area contributed by atoms with E-state index in [1.54, 1.807) is 15.6 Å². The number of carbonyl (C=O) groups is 1. The van der Waals surface area contributed by atoms with Crippen molar-refractivity contribution in [3.8, 4) is 28.3 Å². The van der Waals surface area contributed by atoms with Crippen LogP contribution < -0.4 is 9.80 Å². The summed E-state index contributed by atoms with van der Waals surface area (Å²) in [6.07, 6.45) is 8.07. The Bertz CT molecular complexity index is 1700. The average molecular weight is 592 g/mol. The maximum absolute atomic E-state index is 12.5. The van der Waals surface area contributed by atoms with Crippen LogP contribution in [0, 0.1) is 11.3 Å². The van der Waals surface area contributed by atoms with Crippen LogP contribution in [0.1, 0.15) is 39.2 Å². The number of fused-ring (bicyclic) bond motifs is 3. The molecule has 3 saturated heterocycles. The normalized spacial score (nSPS) is 20.2. The predicted octanol–water partition coefficient (Wildman–Crippen LogP) is 5.36. The van der Waals surface area contributed by atoms with Crippen molar-refractivity contribution in [3.63, 3.8) is 0 Å². The van der Waals surface area contributed by atoms with Crippen LogP contribution in [0.3, 0.4) is 0 Å². The summed E-state index contributed by atoms with van der Waals surface area (Å²) in [6, 6.07) is 17.1. The standard InChI is InChI=1S/C34H37N7O3/c1-34(2,3)44-33(42)39-14-12-38(13-15-39)27-7-4-23(5-8-27)25-16-30(32-26(17-35)19-37-41(32)20-25)24-6-11-31(36-18-24)40-21-28-9-10-29(22-40)43-28/h4-8,11,16,18-20,28-29H,9-10,12-15,21-22H2,1-3H3. The third-order valence-corrected chi connectivity index (χ3v) is 8.66. The highest BCUT2D eigenvalue weighted by Gasteiger charge is 2.34. The van der Waals surface area contributed by atoms with Gasteiger partial charge in [-0.1, -0.05) is 12.1 Å². The molecular formula is C34H37N7O3. The van der Waals surface area contributed by atoms with E-state index in [1.807, 2.05) is 33.2 Å². The molecule has 0 radical (unpaired) electrons. The zero-order valence-corrected chi connectivity index (χ0v) is 25.4. The van der Waals surface area contributed by atoms with Crippen LogP contribution >= 0.6 is 0 Å². The molecule has 6 heterocycles. The Morgan fingerprint density at radius 3 is 2.27 bits per heavy atom. The molecule has 226 valence electrons. The molecule has 4 aromatic rings. The molecule has 10 heteroatoms. The van der Waals surface area contributed by atoms with E-state index in [9.17, 15) is 10.1 Å². The van der Waals surface area contributed by atoms with E-state index < -0.39 is 5.60 Å². The summed E-state index contributed by atoms with van der Waals surface area (Å²) in [7, 11) is 0. The molecule has 1 aromatic carbocycles. The van der Waals surface area contributed by atoms with Gasteiger partial charge in [-0.05, 0) is 69.5 Å². The lowest BCUT2D eigenvalue weighted by molar-refractivity contribution is 0.0240. The lowest BCUT2D eigenvalue weighted by Gasteiger charge is -2.36. The molecule has 0 N–H and O–H groups in total. The molecule has 0 saturated carbocycles. The largest absolute Gasteiger partial charge is 0.444 e. The van der Waals surface area contributed by atoms with Crippen LogP contribution in [0.2, 0.25) is 0 Å². The van der Waals surface area contributed by atoms with Gasteiger partial charge in [-0.15, -0.1) is 0 Å². The first-order chi connectivity index (χ1) is 21.2. The molecule has 3 aliphatic rings. The van der Waals surface area contributed by atoms with Gasteiger partial charge in [0.15, 0.2) is 0 Å². The number of amides is 1. The molecule has 3 fully saturated rings. The van der Waals surface area contributed by atoms with Gasteiger partial charge in [-0.3, -0.25) is 0 Å². The number of nitriles is 1. The van der Waals surface area contributed by atoms with E-state index in [2.05, 4.69) is 63.4 Å². The van der Waals surface area contributed by atoms with Gasteiger partial charge < -0.3 is 24.2 Å². The second-order valence-corrected chi connectivity index (χ2v) is 12.9. The van der Waals surface area contributed by atoms with Crippen LogP contribution in [-0.4, -0.2) is 82.7 Å². The highest BCUT2D eigenvalue weighted by atomic mass is 16.6. The molecular weight excluding hydrogens is 554 g/mol. The molecule has 1 amide bonds. The van der Waals surface area contributed by atoms with Gasteiger partial charge in [0.1, 0.15) is 17.5 Å². The molecule has 44 heavy (non-hydrogen) atoms. The van der Waals surface area contributed by atoms with Crippen molar-refractivity contribution in [2.24, 2.45) is 0 Å². The van der Waals surface area contributed by atoms with Gasteiger partial charge in [0.25, 0.3) is 0 Å². The SMILES string of the molecule is CC(C)(C)OC(=O)N1CCN(c2ccc(-c3cc(-c4ccc(N5CC6CCC(C5)O6)nc4)c4c(C#N)cnn4c3)cc2)CC1. The van der Waals surface area contributed by atoms with Crippen LogP contribution in [0.4, 0.5) is 16.3 Å².